The number of benzene rings is 1. The van der Waals surface area contributed by atoms with Crippen molar-refractivity contribution in [1.82, 2.24) is 5.48 Å². The summed E-state index contributed by atoms with van der Waals surface area (Å²) >= 11 is 1.73. The topological polar surface area (TPSA) is 30.5 Å². The van der Waals surface area contributed by atoms with Gasteiger partial charge in [-0.1, -0.05) is 30.3 Å². The van der Waals surface area contributed by atoms with Crippen LogP contribution in [0.1, 0.15) is 4.88 Å². The Bertz CT molecular complexity index is 456. The Morgan fingerprint density at radius 2 is 1.94 bits per heavy atom. The number of hydroxylamine groups is 1. The van der Waals surface area contributed by atoms with Crippen molar-refractivity contribution < 1.29 is 9.57 Å². The number of rotatable bonds is 7. The van der Waals surface area contributed by atoms with E-state index in [9.17, 15) is 0 Å². The number of ether oxygens (including phenoxy) is 1. The lowest BCUT2D eigenvalue weighted by Gasteiger charge is -2.03. The molecule has 1 N–H and O–H groups in total. The fourth-order valence-electron chi connectivity index (χ4n) is 1.57. The minimum atomic E-state index is 0.563. The van der Waals surface area contributed by atoms with Crippen molar-refractivity contribution in [3.63, 3.8) is 0 Å². The van der Waals surface area contributed by atoms with Gasteiger partial charge in [-0.3, -0.25) is 4.84 Å². The molecular weight excluding hydrogens is 246 g/mol. The molecule has 0 aliphatic carbocycles. The highest BCUT2D eigenvalue weighted by atomic mass is 32.1. The van der Waals surface area contributed by atoms with E-state index in [1.165, 1.54) is 16.0 Å². The second-order valence-corrected chi connectivity index (χ2v) is 4.83. The fourth-order valence-corrected chi connectivity index (χ4v) is 2.39. The molecule has 0 amide bonds. The molecule has 0 aliphatic rings. The second-order valence-electron chi connectivity index (χ2n) is 3.83. The molecule has 0 saturated heterocycles. The van der Waals surface area contributed by atoms with E-state index in [4.69, 9.17) is 9.57 Å². The predicted octanol–water partition coefficient (Wildman–Crippen LogP) is 3.08. The fraction of sp³-hybridized carbons (Fsp3) is 0.286. The Kier molecular flexibility index (Phi) is 5.36. The van der Waals surface area contributed by atoms with Crippen molar-refractivity contribution in [2.24, 2.45) is 0 Å². The van der Waals surface area contributed by atoms with Gasteiger partial charge in [0, 0.05) is 12.0 Å². The minimum Gasteiger partial charge on any atom is -0.382 e. The van der Waals surface area contributed by atoms with E-state index in [1.807, 2.05) is 6.07 Å². The highest BCUT2D eigenvalue weighted by Crippen LogP contribution is 2.25. The van der Waals surface area contributed by atoms with E-state index in [0.717, 1.165) is 6.54 Å². The zero-order chi connectivity index (χ0) is 12.6. The maximum Gasteiger partial charge on any atom is 0.0916 e. The summed E-state index contributed by atoms with van der Waals surface area (Å²) in [7, 11) is 1.66. The van der Waals surface area contributed by atoms with E-state index in [-0.39, 0.29) is 0 Å². The van der Waals surface area contributed by atoms with Gasteiger partial charge in [0.1, 0.15) is 0 Å². The van der Waals surface area contributed by atoms with Crippen LogP contribution in [0.15, 0.2) is 41.8 Å². The van der Waals surface area contributed by atoms with Crippen LogP contribution in [0, 0.1) is 0 Å². The normalized spacial score (nSPS) is 10.7. The predicted molar refractivity (Wildman–Crippen MR) is 74.4 cm³/mol. The molecule has 2 rings (SSSR count). The molecule has 1 heterocycles. The SMILES string of the molecule is COCCONCc1cc(-c2ccccc2)cs1. The largest absolute Gasteiger partial charge is 0.382 e. The summed E-state index contributed by atoms with van der Waals surface area (Å²) in [4.78, 5) is 6.48. The summed E-state index contributed by atoms with van der Waals surface area (Å²) in [5, 5.41) is 2.17. The first kappa shape index (κ1) is 13.2. The lowest BCUT2D eigenvalue weighted by molar-refractivity contribution is 0.00387. The molecule has 2 aromatic rings. The molecule has 0 aliphatic heterocycles. The summed E-state index contributed by atoms with van der Waals surface area (Å²) < 4.78 is 4.89. The van der Waals surface area contributed by atoms with Gasteiger partial charge < -0.3 is 4.74 Å². The summed E-state index contributed by atoms with van der Waals surface area (Å²) in [5.74, 6) is 0. The number of hydrogen-bond acceptors (Lipinski definition) is 4. The third-order valence-electron chi connectivity index (χ3n) is 2.50. The molecule has 96 valence electrons. The van der Waals surface area contributed by atoms with Crippen LogP contribution in [-0.2, 0) is 16.1 Å². The molecule has 18 heavy (non-hydrogen) atoms. The summed E-state index contributed by atoms with van der Waals surface area (Å²) in [6.07, 6.45) is 0. The lowest BCUT2D eigenvalue weighted by atomic mass is 10.1. The average Bonchev–Trinajstić information content (AvgIpc) is 2.88. The quantitative estimate of drug-likeness (QED) is 0.615. The summed E-state index contributed by atoms with van der Waals surface area (Å²) in [6.45, 7) is 1.89. The van der Waals surface area contributed by atoms with Crippen LogP contribution in [-0.4, -0.2) is 20.3 Å². The van der Waals surface area contributed by atoms with E-state index >= 15 is 0 Å². The van der Waals surface area contributed by atoms with Gasteiger partial charge in [0.15, 0.2) is 0 Å². The Hall–Kier alpha value is -1.20. The van der Waals surface area contributed by atoms with Crippen LogP contribution in [0.3, 0.4) is 0 Å². The molecule has 3 nitrogen and oxygen atoms in total. The molecule has 1 aromatic carbocycles. The van der Waals surface area contributed by atoms with Crippen LogP contribution < -0.4 is 5.48 Å². The molecule has 0 spiro atoms. The van der Waals surface area contributed by atoms with Crippen LogP contribution in [0.5, 0.6) is 0 Å². The third-order valence-corrected chi connectivity index (χ3v) is 3.44. The molecule has 0 radical (unpaired) electrons. The van der Waals surface area contributed by atoms with Gasteiger partial charge >= 0.3 is 0 Å². The molecule has 0 saturated carbocycles. The summed E-state index contributed by atoms with van der Waals surface area (Å²) in [5.41, 5.74) is 5.44. The second kappa shape index (κ2) is 7.28. The molecule has 0 fully saturated rings. The number of methoxy groups -OCH3 is 1. The molecule has 0 atom stereocenters. The van der Waals surface area contributed by atoms with Gasteiger partial charge in [0.2, 0.25) is 0 Å². The number of hydrogen-bond donors (Lipinski definition) is 1. The van der Waals surface area contributed by atoms with E-state index < -0.39 is 0 Å². The van der Waals surface area contributed by atoms with Crippen molar-refractivity contribution in [3.05, 3.63) is 46.7 Å². The summed E-state index contributed by atoms with van der Waals surface area (Å²) in [6, 6.07) is 12.6. The van der Waals surface area contributed by atoms with Crippen LogP contribution >= 0.6 is 11.3 Å². The van der Waals surface area contributed by atoms with Crippen molar-refractivity contribution in [2.45, 2.75) is 6.54 Å². The first-order chi connectivity index (χ1) is 8.90. The van der Waals surface area contributed by atoms with Gasteiger partial charge in [-0.2, -0.15) is 5.48 Å². The first-order valence-corrected chi connectivity index (χ1v) is 6.74. The van der Waals surface area contributed by atoms with Crippen molar-refractivity contribution in [1.29, 1.82) is 0 Å². The van der Waals surface area contributed by atoms with Crippen LogP contribution in [0.4, 0.5) is 0 Å². The van der Waals surface area contributed by atoms with E-state index in [1.54, 1.807) is 18.4 Å². The first-order valence-electron chi connectivity index (χ1n) is 5.86. The molecule has 0 unspecified atom stereocenters. The molecule has 1 aromatic heterocycles. The van der Waals surface area contributed by atoms with Gasteiger partial charge in [-0.05, 0) is 22.6 Å². The lowest BCUT2D eigenvalue weighted by Crippen LogP contribution is -2.16. The smallest absolute Gasteiger partial charge is 0.0916 e. The Balaban J connectivity index is 1.83. The van der Waals surface area contributed by atoms with Crippen molar-refractivity contribution in [3.8, 4) is 11.1 Å². The van der Waals surface area contributed by atoms with Crippen LogP contribution in [0.25, 0.3) is 11.1 Å². The monoisotopic (exact) mass is 263 g/mol. The Labute approximate surface area is 111 Å². The maximum atomic E-state index is 5.22. The highest BCUT2D eigenvalue weighted by Gasteiger charge is 2.01. The maximum absolute atomic E-state index is 5.22. The zero-order valence-corrected chi connectivity index (χ0v) is 11.2. The number of nitrogens with one attached hydrogen (secondary N) is 1. The standard InChI is InChI=1S/C14H17NO2S/c1-16-7-8-17-15-10-14-9-13(11-18-14)12-5-3-2-4-6-12/h2-6,9,11,15H,7-8,10H2,1H3. The van der Waals surface area contributed by atoms with Crippen molar-refractivity contribution in [2.75, 3.05) is 20.3 Å². The number of thiophene rings is 1. The average molecular weight is 263 g/mol. The Morgan fingerprint density at radius 3 is 2.72 bits per heavy atom. The Morgan fingerprint density at radius 1 is 1.11 bits per heavy atom. The third kappa shape index (κ3) is 3.92. The van der Waals surface area contributed by atoms with Crippen molar-refractivity contribution >= 4 is 11.3 Å². The molecule has 0 bridgehead atoms. The highest BCUT2D eigenvalue weighted by molar-refractivity contribution is 7.10. The van der Waals surface area contributed by atoms with Gasteiger partial charge in [-0.15, -0.1) is 11.3 Å². The van der Waals surface area contributed by atoms with Gasteiger partial charge in [0.25, 0.3) is 0 Å². The van der Waals surface area contributed by atoms with E-state index in [0.29, 0.717) is 13.2 Å². The van der Waals surface area contributed by atoms with E-state index in [2.05, 4.69) is 41.2 Å². The van der Waals surface area contributed by atoms with Gasteiger partial charge in [0.05, 0.1) is 19.8 Å². The molecular formula is C14H17NO2S. The van der Waals surface area contributed by atoms with Crippen LogP contribution in [0.2, 0.25) is 0 Å². The zero-order valence-electron chi connectivity index (χ0n) is 10.4. The van der Waals surface area contributed by atoms with Gasteiger partial charge in [-0.25, -0.2) is 0 Å². The molecule has 4 heteroatoms. The minimum absolute atomic E-state index is 0.563.